The van der Waals surface area contributed by atoms with Crippen LogP contribution in [0.25, 0.3) is 0 Å². The zero-order valence-corrected chi connectivity index (χ0v) is 14.1. The lowest BCUT2D eigenvalue weighted by Crippen LogP contribution is -2.48. The largest absolute Gasteiger partial charge is 0.457 e. The molecule has 0 amide bonds. The number of aromatic nitrogens is 2. The first-order valence-electron chi connectivity index (χ1n) is 8.52. The summed E-state index contributed by atoms with van der Waals surface area (Å²) < 4.78 is 5.80. The monoisotopic (exact) mass is 345 g/mol. The minimum absolute atomic E-state index is 0.207. The molecule has 0 saturated carbocycles. The van der Waals surface area contributed by atoms with E-state index in [1.54, 1.807) is 6.20 Å². The van der Waals surface area contributed by atoms with E-state index >= 15 is 0 Å². The van der Waals surface area contributed by atoms with Crippen molar-refractivity contribution in [1.29, 1.82) is 5.41 Å². The van der Waals surface area contributed by atoms with Crippen molar-refractivity contribution in [3.8, 4) is 11.5 Å². The molecular formula is C20H19N5O. The Bertz CT molecular complexity index is 892. The van der Waals surface area contributed by atoms with E-state index in [0.717, 1.165) is 30.0 Å². The number of hydrogen-bond acceptors (Lipinski definition) is 6. The first-order chi connectivity index (χ1) is 12.8. The first kappa shape index (κ1) is 16.2. The molecule has 130 valence electrons. The second-order valence-electron chi connectivity index (χ2n) is 6.04. The van der Waals surface area contributed by atoms with Crippen molar-refractivity contribution < 1.29 is 4.74 Å². The van der Waals surface area contributed by atoms with E-state index in [4.69, 9.17) is 10.1 Å². The van der Waals surface area contributed by atoms with E-state index < -0.39 is 0 Å². The fourth-order valence-electron chi connectivity index (χ4n) is 2.67. The number of nitrogens with zero attached hydrogens (tertiary/aromatic N) is 2. The van der Waals surface area contributed by atoms with Gasteiger partial charge in [-0.05, 0) is 42.8 Å². The Kier molecular flexibility index (Phi) is 4.57. The highest BCUT2D eigenvalue weighted by molar-refractivity contribution is 6.13. The number of rotatable bonds is 6. The van der Waals surface area contributed by atoms with Crippen LogP contribution in [0, 0.1) is 5.41 Å². The number of ether oxygens (including phenoxy) is 1. The van der Waals surface area contributed by atoms with Crippen molar-refractivity contribution in [1.82, 2.24) is 15.3 Å². The first-order valence-corrected chi connectivity index (χ1v) is 8.52. The lowest BCUT2D eigenvalue weighted by Gasteiger charge is -2.29. The second kappa shape index (κ2) is 7.33. The van der Waals surface area contributed by atoms with Gasteiger partial charge in [0.25, 0.3) is 0 Å². The van der Waals surface area contributed by atoms with Crippen LogP contribution in [0.4, 0.5) is 5.82 Å². The third-order valence-electron chi connectivity index (χ3n) is 4.24. The van der Waals surface area contributed by atoms with Crippen molar-refractivity contribution in [2.75, 3.05) is 11.9 Å². The molecule has 2 heterocycles. The Labute approximate surface area is 151 Å². The Hall–Kier alpha value is -3.25. The molecule has 6 nitrogen and oxygen atoms in total. The lowest BCUT2D eigenvalue weighted by molar-refractivity contribution is 0.409. The van der Waals surface area contributed by atoms with Crippen LogP contribution in [0.5, 0.6) is 11.5 Å². The number of nitrogens with one attached hydrogen (secondary N) is 3. The summed E-state index contributed by atoms with van der Waals surface area (Å²) in [6, 6.07) is 17.1. The number of benzene rings is 2. The molecule has 1 saturated heterocycles. The molecule has 0 spiro atoms. The van der Waals surface area contributed by atoms with Crippen LogP contribution in [0.15, 0.2) is 67.1 Å². The van der Waals surface area contributed by atoms with Crippen molar-refractivity contribution in [2.45, 2.75) is 12.6 Å². The molecule has 1 atom stereocenters. The van der Waals surface area contributed by atoms with Gasteiger partial charge in [-0.1, -0.05) is 18.2 Å². The van der Waals surface area contributed by atoms with Gasteiger partial charge in [0.2, 0.25) is 0 Å². The Balaban J connectivity index is 1.51. The number of para-hydroxylation sites is 1. The maximum Gasteiger partial charge on any atom is 0.140 e. The molecule has 3 aromatic rings. The molecule has 0 radical (unpaired) electrons. The van der Waals surface area contributed by atoms with Crippen LogP contribution >= 0.6 is 0 Å². The highest BCUT2D eigenvalue weighted by atomic mass is 16.5. The van der Waals surface area contributed by atoms with Gasteiger partial charge in [-0.15, -0.1) is 0 Å². The molecule has 0 aliphatic carbocycles. The van der Waals surface area contributed by atoms with Crippen molar-refractivity contribution in [3.63, 3.8) is 0 Å². The minimum Gasteiger partial charge on any atom is -0.457 e. The van der Waals surface area contributed by atoms with Crippen LogP contribution in [-0.4, -0.2) is 28.4 Å². The molecule has 0 unspecified atom stereocenters. The van der Waals surface area contributed by atoms with Gasteiger partial charge in [0.1, 0.15) is 23.6 Å². The van der Waals surface area contributed by atoms with Crippen LogP contribution in [0.3, 0.4) is 0 Å². The van der Waals surface area contributed by atoms with Gasteiger partial charge >= 0.3 is 0 Å². The fraction of sp³-hybridized carbons (Fsp3) is 0.150. The molecule has 2 aromatic carbocycles. The lowest BCUT2D eigenvalue weighted by atomic mass is 10.0. The van der Waals surface area contributed by atoms with Gasteiger partial charge in [-0.2, -0.15) is 0 Å². The third-order valence-corrected chi connectivity index (χ3v) is 4.24. The summed E-state index contributed by atoms with van der Waals surface area (Å²) in [6.45, 7) is 0.998. The Morgan fingerprint density at radius 2 is 1.81 bits per heavy atom. The minimum atomic E-state index is 0.207. The van der Waals surface area contributed by atoms with Crippen LogP contribution < -0.4 is 15.4 Å². The summed E-state index contributed by atoms with van der Waals surface area (Å²) in [5.41, 5.74) is 1.83. The van der Waals surface area contributed by atoms with E-state index in [-0.39, 0.29) is 6.17 Å². The van der Waals surface area contributed by atoms with Crippen molar-refractivity contribution >= 4 is 11.5 Å². The van der Waals surface area contributed by atoms with Crippen molar-refractivity contribution in [2.24, 2.45) is 0 Å². The Morgan fingerprint density at radius 1 is 1.08 bits per heavy atom. The topological polar surface area (TPSA) is 82.9 Å². The normalized spacial score (nSPS) is 15.8. The second-order valence-corrected chi connectivity index (χ2v) is 6.04. The molecule has 1 aliphatic heterocycles. The molecule has 1 fully saturated rings. The number of hydrogen-bond donors (Lipinski definition) is 3. The third kappa shape index (κ3) is 3.55. The fourth-order valence-corrected chi connectivity index (χ4v) is 2.67. The molecule has 4 rings (SSSR count). The summed E-state index contributed by atoms with van der Waals surface area (Å²) in [7, 11) is 0. The Morgan fingerprint density at radius 3 is 2.50 bits per heavy atom. The van der Waals surface area contributed by atoms with E-state index in [9.17, 15) is 0 Å². The van der Waals surface area contributed by atoms with Crippen LogP contribution in [0.2, 0.25) is 0 Å². The number of anilines is 1. The zero-order valence-electron chi connectivity index (χ0n) is 14.1. The molecule has 3 N–H and O–H groups in total. The zero-order chi connectivity index (χ0) is 17.8. The molecule has 0 bridgehead atoms. The molecule has 26 heavy (non-hydrogen) atoms. The van der Waals surface area contributed by atoms with E-state index in [1.165, 1.54) is 6.33 Å². The van der Waals surface area contributed by atoms with Gasteiger partial charge < -0.3 is 10.1 Å². The smallest absolute Gasteiger partial charge is 0.140 e. The van der Waals surface area contributed by atoms with Gasteiger partial charge in [-0.25, -0.2) is 9.97 Å². The highest BCUT2D eigenvalue weighted by Gasteiger charge is 2.19. The summed E-state index contributed by atoms with van der Waals surface area (Å²) >= 11 is 0. The van der Waals surface area contributed by atoms with E-state index in [2.05, 4.69) is 20.6 Å². The van der Waals surface area contributed by atoms with Gasteiger partial charge in [-0.3, -0.25) is 10.7 Å². The van der Waals surface area contributed by atoms with Gasteiger partial charge in [0, 0.05) is 18.3 Å². The quantitative estimate of drug-likeness (QED) is 0.596. The SMILES string of the molecule is N=C(c1ccc(Oc2ccccc2)cc1)c1cncnc1N[C@H]1CCN1. The van der Waals surface area contributed by atoms with Gasteiger partial charge in [0.05, 0.1) is 17.4 Å². The van der Waals surface area contributed by atoms with E-state index in [1.807, 2.05) is 54.6 Å². The summed E-state index contributed by atoms with van der Waals surface area (Å²) in [5.74, 6) is 2.19. The predicted octanol–water partition coefficient (Wildman–Crippen LogP) is 3.42. The molecule has 1 aliphatic rings. The van der Waals surface area contributed by atoms with Gasteiger partial charge in [0.15, 0.2) is 0 Å². The average molecular weight is 345 g/mol. The maximum atomic E-state index is 8.54. The molecule has 6 heteroatoms. The average Bonchev–Trinajstić information content (AvgIpc) is 2.66. The predicted molar refractivity (Wildman–Crippen MR) is 101 cm³/mol. The van der Waals surface area contributed by atoms with E-state index in [0.29, 0.717) is 17.1 Å². The highest BCUT2D eigenvalue weighted by Crippen LogP contribution is 2.23. The van der Waals surface area contributed by atoms with Crippen molar-refractivity contribution in [3.05, 3.63) is 78.2 Å². The van der Waals surface area contributed by atoms with Crippen LogP contribution in [0.1, 0.15) is 17.5 Å². The summed E-state index contributed by atoms with van der Waals surface area (Å²) in [5, 5.41) is 15.1. The van der Waals surface area contributed by atoms with Crippen LogP contribution in [-0.2, 0) is 0 Å². The standard InChI is InChI=1S/C20H19N5O/c21-19(17-12-22-13-24-20(17)25-18-10-11-23-18)14-6-8-16(9-7-14)26-15-4-2-1-3-5-15/h1-9,12-13,18,21,23H,10-11H2,(H,22,24,25)/t18-/m0/s1. The maximum absolute atomic E-state index is 8.54. The molecule has 1 aromatic heterocycles. The molecular weight excluding hydrogens is 326 g/mol. The summed E-state index contributed by atoms with van der Waals surface area (Å²) in [6.07, 6.45) is 4.42. The summed E-state index contributed by atoms with van der Waals surface area (Å²) in [4.78, 5) is 8.37.